The third kappa shape index (κ3) is 5.45. The summed E-state index contributed by atoms with van der Waals surface area (Å²) in [4.78, 5) is 27.4. The number of amidine groups is 1. The van der Waals surface area contributed by atoms with E-state index in [1.165, 1.54) is 26.2 Å². The Morgan fingerprint density at radius 3 is 2.66 bits per heavy atom. The van der Waals surface area contributed by atoms with Crippen LogP contribution in [0.3, 0.4) is 0 Å². The summed E-state index contributed by atoms with van der Waals surface area (Å²) in [5, 5.41) is 2.75. The Hall–Kier alpha value is -2.65. The molecule has 0 aliphatic carbocycles. The highest BCUT2D eigenvalue weighted by atomic mass is 79.9. The molecule has 3 rings (SSSR count). The van der Waals surface area contributed by atoms with Gasteiger partial charge in [-0.05, 0) is 53.2 Å². The number of nitrogens with one attached hydrogen (secondary N) is 1. The number of hydrogen-bond donors (Lipinski definition) is 1. The van der Waals surface area contributed by atoms with Crippen LogP contribution in [0.4, 0.5) is 4.39 Å². The lowest BCUT2D eigenvalue weighted by molar-refractivity contribution is -0.117. The van der Waals surface area contributed by atoms with Gasteiger partial charge in [-0.15, -0.1) is 0 Å². The Morgan fingerprint density at radius 1 is 1.28 bits per heavy atom. The summed E-state index contributed by atoms with van der Waals surface area (Å²) in [6, 6.07) is 9.48. The highest BCUT2D eigenvalue weighted by Crippen LogP contribution is 2.37. The van der Waals surface area contributed by atoms with Gasteiger partial charge >= 0.3 is 0 Å². The molecule has 1 heterocycles. The lowest BCUT2D eigenvalue weighted by Crippen LogP contribution is -2.23. The maximum Gasteiger partial charge on any atom is 0.286 e. The lowest BCUT2D eigenvalue weighted by Gasteiger charge is -2.13. The topological polar surface area (TPSA) is 77.0 Å². The molecule has 0 radical (unpaired) electrons. The van der Waals surface area contributed by atoms with Crippen molar-refractivity contribution in [1.29, 1.82) is 0 Å². The van der Waals surface area contributed by atoms with Gasteiger partial charge in [-0.3, -0.25) is 9.59 Å². The molecule has 9 heteroatoms. The molecule has 6 nitrogen and oxygen atoms in total. The van der Waals surface area contributed by atoms with E-state index in [0.717, 1.165) is 17.3 Å². The number of hydrogen-bond acceptors (Lipinski definition) is 5. The van der Waals surface area contributed by atoms with Gasteiger partial charge in [-0.2, -0.15) is 4.99 Å². The number of amides is 2. The van der Waals surface area contributed by atoms with Crippen molar-refractivity contribution in [3.8, 4) is 11.5 Å². The van der Waals surface area contributed by atoms with Crippen LogP contribution >= 0.6 is 27.7 Å². The molecule has 0 unspecified atom stereocenters. The number of carbonyl (C=O) groups is 2. The van der Waals surface area contributed by atoms with Crippen LogP contribution in [0.15, 0.2) is 50.8 Å². The molecule has 0 aromatic heterocycles. The molecular formula is C20H16BrFN2O4S. The molecule has 0 saturated heterocycles. The van der Waals surface area contributed by atoms with Crippen LogP contribution in [0.25, 0.3) is 6.08 Å². The molecule has 1 N–H and O–H groups in total. The molecule has 29 heavy (non-hydrogen) atoms. The predicted octanol–water partition coefficient (Wildman–Crippen LogP) is 4.28. The van der Waals surface area contributed by atoms with Crippen LogP contribution in [-0.4, -0.2) is 24.1 Å². The zero-order valence-electron chi connectivity index (χ0n) is 15.5. The van der Waals surface area contributed by atoms with Crippen LogP contribution in [0, 0.1) is 5.82 Å². The second-order valence-electron chi connectivity index (χ2n) is 5.95. The van der Waals surface area contributed by atoms with Crippen LogP contribution in [0.5, 0.6) is 11.5 Å². The highest BCUT2D eigenvalue weighted by molar-refractivity contribution is 9.10. The maximum absolute atomic E-state index is 13.0. The number of nitrogens with zero attached hydrogens (tertiary/aromatic N) is 1. The van der Waals surface area contributed by atoms with E-state index in [9.17, 15) is 14.0 Å². The van der Waals surface area contributed by atoms with Crippen molar-refractivity contribution >= 4 is 50.7 Å². The van der Waals surface area contributed by atoms with E-state index in [1.807, 2.05) is 0 Å². The average molecular weight is 479 g/mol. The fraction of sp³-hybridized carbons (Fsp3) is 0.150. The number of methoxy groups -OCH3 is 1. The average Bonchev–Trinajstić information content (AvgIpc) is 3.01. The summed E-state index contributed by atoms with van der Waals surface area (Å²) in [6.45, 7) is 1.59. The molecule has 0 saturated carbocycles. The molecule has 1 aliphatic rings. The summed E-state index contributed by atoms with van der Waals surface area (Å²) >= 11 is 4.55. The fourth-order valence-electron chi connectivity index (χ4n) is 2.43. The number of aliphatic imine (C=N–C) groups is 1. The molecule has 0 atom stereocenters. The van der Waals surface area contributed by atoms with Crippen molar-refractivity contribution < 1.29 is 23.5 Å². The van der Waals surface area contributed by atoms with E-state index in [0.29, 0.717) is 26.4 Å². The molecule has 0 bridgehead atoms. The number of carbonyl (C=O) groups excluding carboxylic acids is 2. The molecule has 2 aromatic rings. The minimum Gasteiger partial charge on any atom is -0.493 e. The van der Waals surface area contributed by atoms with Crippen molar-refractivity contribution in [1.82, 2.24) is 5.32 Å². The first-order valence-electron chi connectivity index (χ1n) is 8.40. The van der Waals surface area contributed by atoms with E-state index in [4.69, 9.17) is 9.47 Å². The second-order valence-corrected chi connectivity index (χ2v) is 7.84. The van der Waals surface area contributed by atoms with Gasteiger partial charge < -0.3 is 14.8 Å². The normalized spacial score (nSPS) is 14.7. The quantitative estimate of drug-likeness (QED) is 0.648. The van der Waals surface area contributed by atoms with E-state index < -0.39 is 5.91 Å². The van der Waals surface area contributed by atoms with Crippen molar-refractivity contribution in [3.63, 3.8) is 0 Å². The zero-order valence-corrected chi connectivity index (χ0v) is 17.9. The van der Waals surface area contributed by atoms with Crippen molar-refractivity contribution in [2.24, 2.45) is 4.99 Å². The van der Waals surface area contributed by atoms with E-state index in [-0.39, 0.29) is 23.5 Å². The number of halogens is 2. The van der Waals surface area contributed by atoms with Gasteiger partial charge in [0.2, 0.25) is 5.91 Å². The lowest BCUT2D eigenvalue weighted by atomic mass is 10.2. The first-order chi connectivity index (χ1) is 13.9. The van der Waals surface area contributed by atoms with Gasteiger partial charge in [-0.1, -0.05) is 28.1 Å². The van der Waals surface area contributed by atoms with Crippen LogP contribution in [0.2, 0.25) is 0 Å². The Bertz CT molecular complexity index is 1020. The van der Waals surface area contributed by atoms with Crippen molar-refractivity contribution in [3.05, 3.63) is 62.7 Å². The van der Waals surface area contributed by atoms with E-state index in [2.05, 4.69) is 26.2 Å². The highest BCUT2D eigenvalue weighted by Gasteiger charge is 2.23. The van der Waals surface area contributed by atoms with Gasteiger partial charge in [-0.25, -0.2) is 4.39 Å². The fourth-order valence-corrected chi connectivity index (χ4v) is 3.72. The molecular weight excluding hydrogens is 463 g/mol. The van der Waals surface area contributed by atoms with Gasteiger partial charge in [0.15, 0.2) is 16.7 Å². The van der Waals surface area contributed by atoms with Crippen molar-refractivity contribution in [2.75, 3.05) is 7.11 Å². The summed E-state index contributed by atoms with van der Waals surface area (Å²) < 4.78 is 24.9. The predicted molar refractivity (Wildman–Crippen MR) is 113 cm³/mol. The van der Waals surface area contributed by atoms with E-state index in [1.54, 1.807) is 30.3 Å². The Kier molecular flexibility index (Phi) is 6.71. The van der Waals surface area contributed by atoms with Crippen LogP contribution in [0.1, 0.15) is 18.1 Å². The number of ether oxygens (including phenoxy) is 2. The third-order valence-corrected chi connectivity index (χ3v) is 5.37. The number of thioether (sulfide) groups is 1. The summed E-state index contributed by atoms with van der Waals surface area (Å²) in [5.41, 5.74) is 1.50. The van der Waals surface area contributed by atoms with E-state index >= 15 is 0 Å². The smallest absolute Gasteiger partial charge is 0.286 e. The Balaban J connectivity index is 1.79. The monoisotopic (exact) mass is 478 g/mol. The van der Waals surface area contributed by atoms with Crippen LogP contribution < -0.4 is 14.8 Å². The maximum atomic E-state index is 13.0. The van der Waals surface area contributed by atoms with Crippen molar-refractivity contribution in [2.45, 2.75) is 13.5 Å². The molecule has 2 aromatic carbocycles. The first-order valence-corrected chi connectivity index (χ1v) is 10.0. The zero-order chi connectivity index (χ0) is 21.0. The van der Waals surface area contributed by atoms with Gasteiger partial charge in [0, 0.05) is 11.4 Å². The first kappa shape index (κ1) is 21.1. The summed E-state index contributed by atoms with van der Waals surface area (Å²) in [7, 11) is 1.51. The minimum absolute atomic E-state index is 0.242. The molecule has 150 valence electrons. The Morgan fingerprint density at radius 2 is 2.00 bits per heavy atom. The SMILES string of the molecule is COc1cc(/C=C2\SC(NC(C)=O)=NC2=O)c(Br)cc1OCc1ccc(F)cc1. The van der Waals surface area contributed by atoms with Gasteiger partial charge in [0.25, 0.3) is 5.91 Å². The standard InChI is InChI=1S/C20H16BrFN2O4S/c1-11(25)23-20-24-19(26)18(29-20)8-13-7-16(27-2)17(9-15(13)21)28-10-12-3-5-14(22)6-4-12/h3-9H,10H2,1-2H3,(H,23,24,25,26)/b18-8-. The molecule has 0 fully saturated rings. The van der Waals surface area contributed by atoms with Crippen LogP contribution in [-0.2, 0) is 16.2 Å². The second kappa shape index (κ2) is 9.23. The largest absolute Gasteiger partial charge is 0.493 e. The molecule has 0 spiro atoms. The van der Waals surface area contributed by atoms with Gasteiger partial charge in [0.05, 0.1) is 12.0 Å². The summed E-state index contributed by atoms with van der Waals surface area (Å²) in [6.07, 6.45) is 1.65. The number of benzene rings is 2. The summed E-state index contributed by atoms with van der Waals surface area (Å²) in [5.74, 6) is -0.0689. The third-order valence-electron chi connectivity index (χ3n) is 3.78. The minimum atomic E-state index is -0.429. The van der Waals surface area contributed by atoms with Gasteiger partial charge in [0.1, 0.15) is 12.4 Å². The Labute approximate surface area is 179 Å². The molecule has 1 aliphatic heterocycles. The molecule has 2 amide bonds. The number of rotatable bonds is 5.